The largest absolute Gasteiger partial charge is 0.390 e. The lowest BCUT2D eigenvalue weighted by molar-refractivity contribution is -0.0509. The lowest BCUT2D eigenvalue weighted by Crippen LogP contribution is -2.44. The molecule has 4 aliphatic rings. The minimum atomic E-state index is -0.443. The second-order valence-corrected chi connectivity index (χ2v) is 8.59. The SMILES string of the molecule is CC1C(C)C2CC1C1C3CC(C21)C(C(C)(C)O)C3. The molecule has 0 spiro atoms. The van der Waals surface area contributed by atoms with E-state index in [0.29, 0.717) is 5.92 Å². The quantitative estimate of drug-likeness (QED) is 0.703. The van der Waals surface area contributed by atoms with Gasteiger partial charge in [0.2, 0.25) is 0 Å². The Labute approximate surface area is 111 Å². The molecule has 4 aliphatic carbocycles. The first-order chi connectivity index (χ1) is 8.39. The van der Waals surface area contributed by atoms with Gasteiger partial charge in [-0.3, -0.25) is 0 Å². The molecule has 4 saturated carbocycles. The molecule has 4 rings (SSSR count). The molecule has 9 unspecified atom stereocenters. The minimum Gasteiger partial charge on any atom is -0.390 e. The summed E-state index contributed by atoms with van der Waals surface area (Å²) in [5, 5.41) is 10.4. The molecule has 0 aliphatic heterocycles. The molecule has 18 heavy (non-hydrogen) atoms. The summed E-state index contributed by atoms with van der Waals surface area (Å²) < 4.78 is 0. The molecule has 0 aromatic heterocycles. The summed E-state index contributed by atoms with van der Waals surface area (Å²) in [7, 11) is 0. The third-order valence-electron chi connectivity index (χ3n) is 7.75. The molecule has 9 atom stereocenters. The Balaban J connectivity index is 1.66. The third kappa shape index (κ3) is 1.23. The van der Waals surface area contributed by atoms with Crippen LogP contribution in [0.5, 0.6) is 0 Å². The van der Waals surface area contributed by atoms with Gasteiger partial charge in [0.1, 0.15) is 0 Å². The van der Waals surface area contributed by atoms with E-state index < -0.39 is 5.60 Å². The first-order valence-corrected chi connectivity index (χ1v) is 8.12. The summed E-state index contributed by atoms with van der Waals surface area (Å²) in [6, 6.07) is 0. The van der Waals surface area contributed by atoms with Gasteiger partial charge in [-0.25, -0.2) is 0 Å². The van der Waals surface area contributed by atoms with Crippen molar-refractivity contribution in [2.75, 3.05) is 0 Å². The number of aliphatic hydroxyl groups is 1. The predicted octanol–water partition coefficient (Wildman–Crippen LogP) is 3.57. The average molecular weight is 248 g/mol. The van der Waals surface area contributed by atoms with Crippen LogP contribution in [0.2, 0.25) is 0 Å². The van der Waals surface area contributed by atoms with Crippen LogP contribution in [0, 0.1) is 53.3 Å². The Hall–Kier alpha value is -0.0400. The van der Waals surface area contributed by atoms with Crippen LogP contribution in [0.25, 0.3) is 0 Å². The second kappa shape index (κ2) is 3.34. The number of hydrogen-bond donors (Lipinski definition) is 1. The monoisotopic (exact) mass is 248 g/mol. The zero-order chi connectivity index (χ0) is 12.8. The van der Waals surface area contributed by atoms with Gasteiger partial charge in [0.05, 0.1) is 5.60 Å². The molecular weight excluding hydrogens is 220 g/mol. The smallest absolute Gasteiger partial charge is 0.0622 e. The molecular formula is C17H28O. The van der Waals surface area contributed by atoms with Crippen LogP contribution in [0.3, 0.4) is 0 Å². The van der Waals surface area contributed by atoms with Crippen molar-refractivity contribution >= 4 is 0 Å². The van der Waals surface area contributed by atoms with Crippen LogP contribution in [0.15, 0.2) is 0 Å². The van der Waals surface area contributed by atoms with E-state index in [9.17, 15) is 5.11 Å². The molecule has 1 N–H and O–H groups in total. The summed E-state index contributed by atoms with van der Waals surface area (Å²) in [6.45, 7) is 9.10. The predicted molar refractivity (Wildman–Crippen MR) is 72.9 cm³/mol. The minimum absolute atomic E-state index is 0.443. The van der Waals surface area contributed by atoms with E-state index in [0.717, 1.165) is 47.3 Å². The van der Waals surface area contributed by atoms with Gasteiger partial charge < -0.3 is 5.11 Å². The second-order valence-electron chi connectivity index (χ2n) is 8.59. The molecule has 0 radical (unpaired) electrons. The van der Waals surface area contributed by atoms with Crippen molar-refractivity contribution in [3.8, 4) is 0 Å². The highest BCUT2D eigenvalue weighted by atomic mass is 16.3. The summed E-state index contributed by atoms with van der Waals surface area (Å²) in [6.07, 6.45) is 4.28. The fourth-order valence-corrected chi connectivity index (χ4v) is 7.04. The molecule has 0 aromatic carbocycles. The van der Waals surface area contributed by atoms with Gasteiger partial charge in [-0.15, -0.1) is 0 Å². The lowest BCUT2D eigenvalue weighted by Gasteiger charge is -2.46. The van der Waals surface area contributed by atoms with Crippen LogP contribution >= 0.6 is 0 Å². The van der Waals surface area contributed by atoms with Crippen LogP contribution in [-0.2, 0) is 0 Å². The molecule has 1 nitrogen and oxygen atoms in total. The number of hydrogen-bond acceptors (Lipinski definition) is 1. The molecule has 0 saturated heterocycles. The van der Waals surface area contributed by atoms with Crippen molar-refractivity contribution in [1.29, 1.82) is 0 Å². The number of fused-ring (bicyclic) bond motifs is 9. The highest BCUT2D eigenvalue weighted by Crippen LogP contribution is 2.72. The Kier molecular flexibility index (Phi) is 2.18. The van der Waals surface area contributed by atoms with Crippen LogP contribution < -0.4 is 0 Å². The van der Waals surface area contributed by atoms with Gasteiger partial charge in [-0.2, -0.15) is 0 Å². The average Bonchev–Trinajstić information content (AvgIpc) is 2.97. The van der Waals surface area contributed by atoms with Crippen molar-refractivity contribution < 1.29 is 5.11 Å². The van der Waals surface area contributed by atoms with E-state index >= 15 is 0 Å². The number of rotatable bonds is 1. The standard InChI is InChI=1S/C17H28O/c1-8-9(2)12-7-11(8)15-10-5-13(16(12)15)14(6-10)17(3,4)18/h8-16,18H,5-7H2,1-4H3. The van der Waals surface area contributed by atoms with Gasteiger partial charge in [0.25, 0.3) is 0 Å². The van der Waals surface area contributed by atoms with E-state index in [1.54, 1.807) is 0 Å². The Bertz CT molecular complexity index is 368. The summed E-state index contributed by atoms with van der Waals surface area (Å²) in [4.78, 5) is 0. The molecule has 1 heteroatoms. The molecule has 4 bridgehead atoms. The van der Waals surface area contributed by atoms with E-state index in [1.807, 2.05) is 13.8 Å². The van der Waals surface area contributed by atoms with Gasteiger partial charge in [0, 0.05) is 0 Å². The van der Waals surface area contributed by atoms with Crippen molar-refractivity contribution in [1.82, 2.24) is 0 Å². The third-order valence-corrected chi connectivity index (χ3v) is 7.75. The van der Waals surface area contributed by atoms with E-state index in [-0.39, 0.29) is 0 Å². The maximum atomic E-state index is 10.4. The molecule has 0 aromatic rings. The maximum Gasteiger partial charge on any atom is 0.0622 e. The maximum absolute atomic E-state index is 10.4. The summed E-state index contributed by atoms with van der Waals surface area (Å²) in [5.74, 6) is 8.37. The van der Waals surface area contributed by atoms with E-state index in [2.05, 4.69) is 13.8 Å². The fraction of sp³-hybridized carbons (Fsp3) is 1.00. The van der Waals surface area contributed by atoms with E-state index in [1.165, 1.54) is 19.3 Å². The first kappa shape index (κ1) is 11.8. The highest BCUT2D eigenvalue weighted by Gasteiger charge is 2.66. The zero-order valence-corrected chi connectivity index (χ0v) is 12.3. The molecule has 102 valence electrons. The molecule has 0 heterocycles. The first-order valence-electron chi connectivity index (χ1n) is 8.12. The zero-order valence-electron chi connectivity index (χ0n) is 12.3. The van der Waals surface area contributed by atoms with Crippen LogP contribution in [-0.4, -0.2) is 10.7 Å². The Morgan fingerprint density at radius 3 is 2.06 bits per heavy atom. The van der Waals surface area contributed by atoms with Gasteiger partial charge in [-0.1, -0.05) is 13.8 Å². The van der Waals surface area contributed by atoms with Crippen molar-refractivity contribution in [3.05, 3.63) is 0 Å². The normalized spacial score (nSPS) is 61.5. The summed E-state index contributed by atoms with van der Waals surface area (Å²) in [5.41, 5.74) is -0.443. The Morgan fingerprint density at radius 2 is 1.44 bits per heavy atom. The van der Waals surface area contributed by atoms with Gasteiger partial charge in [0.15, 0.2) is 0 Å². The highest BCUT2D eigenvalue weighted by molar-refractivity contribution is 5.15. The fourth-order valence-electron chi connectivity index (χ4n) is 7.04. The molecule has 0 amide bonds. The van der Waals surface area contributed by atoms with Crippen LogP contribution in [0.1, 0.15) is 47.0 Å². The van der Waals surface area contributed by atoms with Gasteiger partial charge in [-0.05, 0) is 86.4 Å². The summed E-state index contributed by atoms with van der Waals surface area (Å²) >= 11 is 0. The van der Waals surface area contributed by atoms with Crippen molar-refractivity contribution in [2.24, 2.45) is 53.3 Å². The van der Waals surface area contributed by atoms with Crippen molar-refractivity contribution in [3.63, 3.8) is 0 Å². The molecule has 4 fully saturated rings. The van der Waals surface area contributed by atoms with E-state index in [4.69, 9.17) is 0 Å². The Morgan fingerprint density at radius 1 is 0.833 bits per heavy atom. The lowest BCUT2D eigenvalue weighted by atomic mass is 9.60. The van der Waals surface area contributed by atoms with Crippen molar-refractivity contribution in [2.45, 2.75) is 52.6 Å². The van der Waals surface area contributed by atoms with Gasteiger partial charge >= 0.3 is 0 Å². The van der Waals surface area contributed by atoms with Crippen LogP contribution in [0.4, 0.5) is 0 Å². The topological polar surface area (TPSA) is 20.2 Å².